The molecule has 0 saturated heterocycles. The molecule has 16 heavy (non-hydrogen) atoms. The number of aryl methyl sites for hydroxylation is 1. The summed E-state index contributed by atoms with van der Waals surface area (Å²) in [6, 6.07) is 3.95. The summed E-state index contributed by atoms with van der Waals surface area (Å²) in [5.74, 6) is 0.643. The average Bonchev–Trinajstić information content (AvgIpc) is 2.19. The molecule has 0 radical (unpaired) electrons. The molecule has 1 heterocycles. The largest absolute Gasteiger partial charge is 0.383 e. The average molecular weight is 241 g/mol. The van der Waals surface area contributed by atoms with Gasteiger partial charge in [-0.25, -0.2) is 4.98 Å². The van der Waals surface area contributed by atoms with Gasteiger partial charge in [-0.2, -0.15) is 0 Å². The van der Waals surface area contributed by atoms with Gasteiger partial charge in [0, 0.05) is 11.6 Å². The number of nitrogens with two attached hydrogens (primary N) is 1. The number of aromatic nitrogens is 1. The third-order valence-electron chi connectivity index (χ3n) is 2.77. The van der Waals surface area contributed by atoms with Crippen LogP contribution in [0.2, 0.25) is 0 Å². The first-order valence-corrected chi connectivity index (χ1v) is 6.18. The summed E-state index contributed by atoms with van der Waals surface area (Å²) in [6.45, 7) is 6.51. The summed E-state index contributed by atoms with van der Waals surface area (Å²) in [5, 5.41) is 0.213. The number of halogens is 1. The lowest BCUT2D eigenvalue weighted by Crippen LogP contribution is -2.20. The van der Waals surface area contributed by atoms with Crippen molar-refractivity contribution < 1.29 is 0 Å². The number of anilines is 1. The minimum atomic E-state index is 0.169. The van der Waals surface area contributed by atoms with Crippen LogP contribution in [-0.2, 0) is 6.42 Å². The Morgan fingerprint density at radius 1 is 1.44 bits per heavy atom. The predicted molar refractivity (Wildman–Crippen MR) is 70.7 cm³/mol. The Kier molecular flexibility index (Phi) is 4.60. The van der Waals surface area contributed by atoms with E-state index >= 15 is 0 Å². The van der Waals surface area contributed by atoms with Crippen molar-refractivity contribution in [2.75, 3.05) is 5.73 Å². The maximum absolute atomic E-state index is 6.32. The molecule has 2 N–H and O–H groups in total. The molecule has 0 spiro atoms. The van der Waals surface area contributed by atoms with Gasteiger partial charge in [-0.3, -0.25) is 0 Å². The van der Waals surface area contributed by atoms with Crippen LogP contribution in [0.5, 0.6) is 0 Å². The van der Waals surface area contributed by atoms with Crippen LogP contribution >= 0.6 is 11.6 Å². The molecule has 0 aliphatic heterocycles. The second kappa shape index (κ2) is 5.53. The molecular formula is C13H21ClN2. The van der Waals surface area contributed by atoms with Gasteiger partial charge in [0.15, 0.2) is 0 Å². The number of alkyl halides is 1. The van der Waals surface area contributed by atoms with Crippen molar-refractivity contribution in [2.24, 2.45) is 5.41 Å². The van der Waals surface area contributed by atoms with Gasteiger partial charge in [-0.1, -0.05) is 26.8 Å². The molecule has 0 aliphatic carbocycles. The fourth-order valence-corrected chi connectivity index (χ4v) is 1.72. The first kappa shape index (κ1) is 13.3. The van der Waals surface area contributed by atoms with Gasteiger partial charge >= 0.3 is 0 Å². The monoisotopic (exact) mass is 240 g/mol. The van der Waals surface area contributed by atoms with E-state index in [0.29, 0.717) is 5.82 Å². The minimum absolute atomic E-state index is 0.169. The molecule has 1 unspecified atom stereocenters. The molecule has 0 aromatic carbocycles. The topological polar surface area (TPSA) is 38.9 Å². The fourth-order valence-electron chi connectivity index (χ4n) is 1.57. The van der Waals surface area contributed by atoms with E-state index in [1.165, 1.54) is 0 Å². The highest BCUT2D eigenvalue weighted by molar-refractivity contribution is 6.21. The Morgan fingerprint density at radius 2 is 2.12 bits per heavy atom. The fraction of sp³-hybridized carbons (Fsp3) is 0.615. The molecule has 0 fully saturated rings. The zero-order valence-electron chi connectivity index (χ0n) is 10.3. The van der Waals surface area contributed by atoms with E-state index in [2.05, 4.69) is 25.8 Å². The maximum atomic E-state index is 6.32. The summed E-state index contributed by atoms with van der Waals surface area (Å²) >= 11 is 6.32. The van der Waals surface area contributed by atoms with Crippen molar-refractivity contribution >= 4 is 17.4 Å². The molecule has 0 bridgehead atoms. The first-order valence-electron chi connectivity index (χ1n) is 5.74. The molecule has 2 nitrogen and oxygen atoms in total. The third-order valence-corrected chi connectivity index (χ3v) is 3.64. The van der Waals surface area contributed by atoms with Crippen molar-refractivity contribution in [3.8, 4) is 0 Å². The number of rotatable bonds is 4. The lowest BCUT2D eigenvalue weighted by Gasteiger charge is -2.25. The van der Waals surface area contributed by atoms with E-state index in [0.717, 1.165) is 24.8 Å². The number of pyridine rings is 1. The van der Waals surface area contributed by atoms with E-state index in [4.69, 9.17) is 17.3 Å². The molecule has 90 valence electrons. The molecule has 1 rings (SSSR count). The normalized spacial score (nSPS) is 13.8. The summed E-state index contributed by atoms with van der Waals surface area (Å²) < 4.78 is 0. The van der Waals surface area contributed by atoms with Crippen LogP contribution in [-0.4, -0.2) is 10.4 Å². The summed E-state index contributed by atoms with van der Waals surface area (Å²) in [5.41, 5.74) is 7.07. The molecule has 0 saturated carbocycles. The number of nitrogens with zero attached hydrogens (tertiary/aromatic N) is 1. The van der Waals surface area contributed by atoms with Crippen molar-refractivity contribution in [2.45, 2.75) is 45.4 Å². The second-order valence-electron chi connectivity index (χ2n) is 5.27. The quantitative estimate of drug-likeness (QED) is 0.817. The summed E-state index contributed by atoms with van der Waals surface area (Å²) in [7, 11) is 0. The van der Waals surface area contributed by atoms with Gasteiger partial charge in [0.05, 0.1) is 0 Å². The van der Waals surface area contributed by atoms with Gasteiger partial charge in [0.2, 0.25) is 0 Å². The van der Waals surface area contributed by atoms with Crippen LogP contribution in [0.1, 0.15) is 39.2 Å². The molecule has 0 amide bonds. The summed E-state index contributed by atoms with van der Waals surface area (Å²) in [6.07, 6.45) is 4.75. The van der Waals surface area contributed by atoms with Crippen molar-refractivity contribution in [1.29, 1.82) is 0 Å². The van der Waals surface area contributed by atoms with Crippen molar-refractivity contribution in [1.82, 2.24) is 4.98 Å². The SMILES string of the molecule is CC(C)(C)C(Cl)CCCc1cccnc1N. The van der Waals surface area contributed by atoms with Crippen LogP contribution in [0.3, 0.4) is 0 Å². The van der Waals surface area contributed by atoms with Crippen LogP contribution in [0.4, 0.5) is 5.82 Å². The Morgan fingerprint density at radius 3 is 2.69 bits per heavy atom. The predicted octanol–water partition coefficient (Wildman–Crippen LogP) is 3.64. The molecule has 1 aromatic rings. The zero-order chi connectivity index (χ0) is 12.2. The molecule has 0 aliphatic rings. The van der Waals surface area contributed by atoms with E-state index in [1.54, 1.807) is 6.20 Å². The summed E-state index contributed by atoms with van der Waals surface area (Å²) in [4.78, 5) is 4.07. The highest BCUT2D eigenvalue weighted by Gasteiger charge is 2.21. The Labute approximate surface area is 103 Å². The van der Waals surface area contributed by atoms with E-state index < -0.39 is 0 Å². The third kappa shape index (κ3) is 4.01. The van der Waals surface area contributed by atoms with Crippen LogP contribution < -0.4 is 5.73 Å². The van der Waals surface area contributed by atoms with Gasteiger partial charge < -0.3 is 5.73 Å². The lowest BCUT2D eigenvalue weighted by atomic mass is 9.88. The standard InChI is InChI=1S/C13H21ClN2/c1-13(2,3)11(14)8-4-6-10-7-5-9-16-12(10)15/h5,7,9,11H,4,6,8H2,1-3H3,(H2,15,16). The van der Waals surface area contributed by atoms with Gasteiger partial charge in [0.1, 0.15) is 5.82 Å². The first-order chi connectivity index (χ1) is 7.41. The Balaban J connectivity index is 2.40. The van der Waals surface area contributed by atoms with Crippen LogP contribution in [0, 0.1) is 5.41 Å². The van der Waals surface area contributed by atoms with E-state index in [9.17, 15) is 0 Å². The molecular weight excluding hydrogens is 220 g/mol. The van der Waals surface area contributed by atoms with Crippen LogP contribution in [0.15, 0.2) is 18.3 Å². The van der Waals surface area contributed by atoms with Crippen molar-refractivity contribution in [3.05, 3.63) is 23.9 Å². The molecule has 1 atom stereocenters. The van der Waals surface area contributed by atoms with Crippen molar-refractivity contribution in [3.63, 3.8) is 0 Å². The highest BCUT2D eigenvalue weighted by Crippen LogP contribution is 2.28. The van der Waals surface area contributed by atoms with E-state index in [-0.39, 0.29) is 10.8 Å². The lowest BCUT2D eigenvalue weighted by molar-refractivity contribution is 0.369. The van der Waals surface area contributed by atoms with E-state index in [1.807, 2.05) is 12.1 Å². The zero-order valence-corrected chi connectivity index (χ0v) is 11.1. The Hall–Kier alpha value is -0.760. The number of hydrogen-bond donors (Lipinski definition) is 1. The van der Waals surface area contributed by atoms with Gasteiger partial charge in [0.25, 0.3) is 0 Å². The maximum Gasteiger partial charge on any atom is 0.126 e. The number of nitrogen functional groups attached to an aromatic ring is 1. The Bertz CT molecular complexity index is 331. The molecule has 3 heteroatoms. The van der Waals surface area contributed by atoms with Crippen LogP contribution in [0.25, 0.3) is 0 Å². The van der Waals surface area contributed by atoms with Gasteiger partial charge in [-0.15, -0.1) is 11.6 Å². The smallest absolute Gasteiger partial charge is 0.126 e. The molecule has 1 aromatic heterocycles. The number of hydrogen-bond acceptors (Lipinski definition) is 2. The van der Waals surface area contributed by atoms with Gasteiger partial charge in [-0.05, 0) is 36.3 Å². The second-order valence-corrected chi connectivity index (χ2v) is 5.80. The highest BCUT2D eigenvalue weighted by atomic mass is 35.5. The minimum Gasteiger partial charge on any atom is -0.383 e.